The second-order valence-electron chi connectivity index (χ2n) is 4.19. The van der Waals surface area contributed by atoms with E-state index < -0.39 is 11.7 Å². The van der Waals surface area contributed by atoms with Crippen LogP contribution in [0.15, 0.2) is 33.9 Å². The maximum Gasteiger partial charge on any atom is 0.416 e. The highest BCUT2D eigenvalue weighted by molar-refractivity contribution is 14.1. The Bertz CT molecular complexity index is 417. The number of halogens is 4. The van der Waals surface area contributed by atoms with Crippen molar-refractivity contribution in [2.45, 2.75) is 31.4 Å². The fourth-order valence-electron chi connectivity index (χ4n) is 2.07. The number of hydrogen-bond acceptors (Lipinski definition) is 0. The van der Waals surface area contributed by atoms with Gasteiger partial charge in [-0.1, -0.05) is 18.2 Å². The predicted octanol–water partition coefficient (Wildman–Crippen LogP) is 5.29. The van der Waals surface area contributed by atoms with Gasteiger partial charge in [0.2, 0.25) is 0 Å². The molecule has 0 bridgehead atoms. The van der Waals surface area contributed by atoms with E-state index in [9.17, 15) is 13.2 Å². The smallest absolute Gasteiger partial charge is 0.166 e. The van der Waals surface area contributed by atoms with Gasteiger partial charge in [0.15, 0.2) is 0 Å². The lowest BCUT2D eigenvalue weighted by atomic mass is 9.89. The van der Waals surface area contributed by atoms with E-state index in [4.69, 9.17) is 0 Å². The second kappa shape index (κ2) is 5.00. The van der Waals surface area contributed by atoms with Crippen molar-refractivity contribution in [2.75, 3.05) is 0 Å². The molecule has 1 aromatic carbocycles. The van der Waals surface area contributed by atoms with E-state index in [0.29, 0.717) is 0 Å². The molecule has 0 N–H and O–H groups in total. The second-order valence-corrected chi connectivity index (χ2v) is 5.44. The van der Waals surface area contributed by atoms with Crippen molar-refractivity contribution in [1.29, 1.82) is 0 Å². The van der Waals surface area contributed by atoms with Crippen LogP contribution in [0, 0.1) is 0 Å². The quantitative estimate of drug-likeness (QED) is 0.603. The average molecular weight is 352 g/mol. The minimum atomic E-state index is -4.24. The lowest BCUT2D eigenvalue weighted by Gasteiger charge is -2.21. The molecule has 0 radical (unpaired) electrons. The maximum atomic E-state index is 12.4. The van der Waals surface area contributed by atoms with Gasteiger partial charge in [0, 0.05) is 5.92 Å². The summed E-state index contributed by atoms with van der Waals surface area (Å²) in [5.74, 6) is 0.284. The lowest BCUT2D eigenvalue weighted by molar-refractivity contribution is -0.137. The highest BCUT2D eigenvalue weighted by atomic mass is 127. The van der Waals surface area contributed by atoms with Crippen molar-refractivity contribution in [3.8, 4) is 0 Å². The molecular weight excluding hydrogens is 340 g/mol. The lowest BCUT2D eigenvalue weighted by Crippen LogP contribution is -2.07. The molecule has 92 valence electrons. The average Bonchev–Trinajstić information content (AvgIpc) is 2.29. The standard InChI is InChI=1S/C13H12F3I/c14-13(15,16)10-7-5-9(6-8-10)11-3-1-2-4-12(11)17/h4-8,11H,1-3H2/t11-/m1/s1. The third-order valence-electron chi connectivity index (χ3n) is 3.01. The van der Waals surface area contributed by atoms with Gasteiger partial charge in [-0.15, -0.1) is 0 Å². The molecule has 17 heavy (non-hydrogen) atoms. The van der Waals surface area contributed by atoms with Gasteiger partial charge in [0.05, 0.1) is 5.56 Å². The van der Waals surface area contributed by atoms with E-state index in [2.05, 4.69) is 28.7 Å². The summed E-state index contributed by atoms with van der Waals surface area (Å²) in [6.07, 6.45) is 1.15. The molecule has 1 aliphatic carbocycles. The summed E-state index contributed by atoms with van der Waals surface area (Å²) in [6, 6.07) is 5.55. The summed E-state index contributed by atoms with van der Waals surface area (Å²) in [7, 11) is 0. The monoisotopic (exact) mass is 352 g/mol. The molecule has 1 aromatic rings. The predicted molar refractivity (Wildman–Crippen MR) is 70.1 cm³/mol. The highest BCUT2D eigenvalue weighted by Gasteiger charge is 2.30. The fraction of sp³-hybridized carbons (Fsp3) is 0.385. The largest absolute Gasteiger partial charge is 0.416 e. The van der Waals surface area contributed by atoms with Crippen LogP contribution in [0.25, 0.3) is 0 Å². The van der Waals surface area contributed by atoms with Gasteiger partial charge in [-0.05, 0) is 63.1 Å². The summed E-state index contributed by atoms with van der Waals surface area (Å²) < 4.78 is 38.5. The van der Waals surface area contributed by atoms with Crippen LogP contribution in [-0.2, 0) is 6.18 Å². The minimum absolute atomic E-state index is 0.284. The zero-order valence-electron chi connectivity index (χ0n) is 9.10. The van der Waals surface area contributed by atoms with Crippen molar-refractivity contribution in [3.63, 3.8) is 0 Å². The van der Waals surface area contributed by atoms with Crippen molar-refractivity contribution >= 4 is 22.6 Å². The Balaban J connectivity index is 2.24. The first-order valence-electron chi connectivity index (χ1n) is 5.51. The molecule has 4 heteroatoms. The van der Waals surface area contributed by atoms with E-state index in [1.54, 1.807) is 12.1 Å². The van der Waals surface area contributed by atoms with Gasteiger partial charge >= 0.3 is 6.18 Å². The Hall–Kier alpha value is -0.520. The summed E-state index contributed by atoms with van der Waals surface area (Å²) in [4.78, 5) is 0. The van der Waals surface area contributed by atoms with Gasteiger partial charge in [0.1, 0.15) is 0 Å². The third-order valence-corrected chi connectivity index (χ3v) is 4.20. The third kappa shape index (κ3) is 3.03. The van der Waals surface area contributed by atoms with Crippen LogP contribution in [0.4, 0.5) is 13.2 Å². The molecule has 2 rings (SSSR count). The zero-order valence-corrected chi connectivity index (χ0v) is 11.3. The number of benzene rings is 1. The molecular formula is C13H12F3I. The molecule has 0 heterocycles. The number of alkyl halides is 3. The molecule has 1 aliphatic rings. The van der Waals surface area contributed by atoms with Gasteiger partial charge < -0.3 is 0 Å². The Morgan fingerprint density at radius 2 is 1.76 bits per heavy atom. The van der Waals surface area contributed by atoms with Crippen LogP contribution in [0.2, 0.25) is 0 Å². The molecule has 0 amide bonds. The SMILES string of the molecule is FC(F)(F)c1ccc([C@H]2CCCC=C2I)cc1. The van der Waals surface area contributed by atoms with Crippen LogP contribution in [0.5, 0.6) is 0 Å². The van der Waals surface area contributed by atoms with E-state index in [1.807, 2.05) is 0 Å². The topological polar surface area (TPSA) is 0 Å². The van der Waals surface area contributed by atoms with Crippen LogP contribution in [0.3, 0.4) is 0 Å². The number of hydrogen-bond donors (Lipinski definition) is 0. The van der Waals surface area contributed by atoms with E-state index in [-0.39, 0.29) is 5.92 Å². The molecule has 0 spiro atoms. The van der Waals surface area contributed by atoms with Crippen molar-refractivity contribution in [2.24, 2.45) is 0 Å². The van der Waals surface area contributed by atoms with Gasteiger partial charge in [-0.25, -0.2) is 0 Å². The van der Waals surface area contributed by atoms with Crippen molar-refractivity contribution in [1.82, 2.24) is 0 Å². The van der Waals surface area contributed by atoms with Gasteiger partial charge in [0.25, 0.3) is 0 Å². The van der Waals surface area contributed by atoms with Crippen LogP contribution in [0.1, 0.15) is 36.3 Å². The molecule has 0 fully saturated rings. The Labute approximate surface area is 112 Å². The Morgan fingerprint density at radius 3 is 2.29 bits per heavy atom. The van der Waals surface area contributed by atoms with Gasteiger partial charge in [-0.2, -0.15) is 13.2 Å². The molecule has 0 saturated carbocycles. The number of rotatable bonds is 1. The van der Waals surface area contributed by atoms with Crippen molar-refractivity contribution in [3.05, 3.63) is 45.0 Å². The molecule has 0 saturated heterocycles. The van der Waals surface area contributed by atoms with Crippen LogP contribution < -0.4 is 0 Å². The van der Waals surface area contributed by atoms with Gasteiger partial charge in [-0.3, -0.25) is 0 Å². The molecule has 0 nitrogen and oxygen atoms in total. The summed E-state index contributed by atoms with van der Waals surface area (Å²) >= 11 is 2.29. The number of allylic oxidation sites excluding steroid dienone is 2. The summed E-state index contributed by atoms with van der Waals surface area (Å²) in [5.41, 5.74) is 0.411. The fourth-order valence-corrected chi connectivity index (χ4v) is 3.05. The van der Waals surface area contributed by atoms with E-state index >= 15 is 0 Å². The van der Waals surface area contributed by atoms with Crippen LogP contribution in [-0.4, -0.2) is 0 Å². The summed E-state index contributed by atoms with van der Waals surface area (Å²) in [5, 5.41) is 0. The highest BCUT2D eigenvalue weighted by Crippen LogP contribution is 2.38. The molecule has 0 aromatic heterocycles. The molecule has 1 atom stereocenters. The Kier molecular flexibility index (Phi) is 3.80. The first-order valence-corrected chi connectivity index (χ1v) is 6.59. The van der Waals surface area contributed by atoms with E-state index in [1.165, 1.54) is 15.7 Å². The molecule has 0 unspecified atom stereocenters. The normalized spacial score (nSPS) is 21.2. The first kappa shape index (κ1) is 12.9. The maximum absolute atomic E-state index is 12.4. The van der Waals surface area contributed by atoms with E-state index in [0.717, 1.165) is 24.8 Å². The van der Waals surface area contributed by atoms with Crippen LogP contribution >= 0.6 is 22.6 Å². The zero-order chi connectivity index (χ0) is 12.5. The molecule has 0 aliphatic heterocycles. The Morgan fingerprint density at radius 1 is 1.12 bits per heavy atom. The first-order chi connectivity index (χ1) is 7.98. The van der Waals surface area contributed by atoms with Crippen molar-refractivity contribution < 1.29 is 13.2 Å². The minimum Gasteiger partial charge on any atom is -0.166 e. The summed E-state index contributed by atoms with van der Waals surface area (Å²) in [6.45, 7) is 0.